The monoisotopic (exact) mass is 415 g/mol. The highest BCUT2D eigenvalue weighted by Gasteiger charge is 2.20. The Morgan fingerprint density at radius 2 is 1.39 bits per heavy atom. The number of furan rings is 1. The van der Waals surface area contributed by atoms with Crippen LogP contribution in [0.4, 0.5) is 5.69 Å². The van der Waals surface area contributed by atoms with Crippen molar-refractivity contribution in [3.63, 3.8) is 0 Å². The molecular formula is C25H21NO5. The number of aryl methyl sites for hydroxylation is 1. The third-order valence-electron chi connectivity index (χ3n) is 5.11. The smallest absolute Gasteiger partial charge is 0.255 e. The average Bonchev–Trinajstić information content (AvgIpc) is 3.14. The molecule has 1 heterocycles. The van der Waals surface area contributed by atoms with Crippen molar-refractivity contribution in [1.29, 1.82) is 0 Å². The largest absolute Gasteiger partial charge is 0.497 e. The maximum atomic E-state index is 12.9. The van der Waals surface area contributed by atoms with E-state index in [1.54, 1.807) is 74.9 Å². The molecule has 0 aliphatic rings. The number of methoxy groups -OCH3 is 2. The van der Waals surface area contributed by atoms with E-state index in [-0.39, 0.29) is 17.5 Å². The van der Waals surface area contributed by atoms with Crippen LogP contribution in [0.3, 0.4) is 0 Å². The fraction of sp³-hybridized carbons (Fsp3) is 0.120. The van der Waals surface area contributed by atoms with Crippen LogP contribution < -0.4 is 14.8 Å². The van der Waals surface area contributed by atoms with E-state index in [0.717, 1.165) is 10.9 Å². The predicted octanol–water partition coefficient (Wildman–Crippen LogP) is 5.24. The maximum absolute atomic E-state index is 12.9. The standard InChI is InChI=1S/C25H21NO5/c1-15-21-13-8-18(26-25(28)17-6-11-20(30-3)12-7-17)14-22(21)31-24(15)23(27)16-4-9-19(29-2)10-5-16/h4-14H,1-3H3,(H,26,28). The first-order chi connectivity index (χ1) is 15.0. The first-order valence-electron chi connectivity index (χ1n) is 9.67. The van der Waals surface area contributed by atoms with E-state index in [9.17, 15) is 9.59 Å². The van der Waals surface area contributed by atoms with Gasteiger partial charge >= 0.3 is 0 Å². The molecule has 0 radical (unpaired) electrons. The minimum atomic E-state index is -0.250. The summed E-state index contributed by atoms with van der Waals surface area (Å²) in [5, 5.41) is 3.67. The molecule has 0 atom stereocenters. The zero-order chi connectivity index (χ0) is 22.0. The molecule has 4 rings (SSSR count). The summed E-state index contributed by atoms with van der Waals surface area (Å²) >= 11 is 0. The van der Waals surface area contributed by atoms with Crippen LogP contribution in [0, 0.1) is 6.92 Å². The number of carbonyl (C=O) groups excluding carboxylic acids is 2. The Balaban J connectivity index is 1.59. The lowest BCUT2D eigenvalue weighted by Crippen LogP contribution is -2.11. The van der Waals surface area contributed by atoms with Crippen LogP contribution in [0.2, 0.25) is 0 Å². The van der Waals surface area contributed by atoms with Gasteiger partial charge in [-0.2, -0.15) is 0 Å². The molecule has 1 aromatic heterocycles. The molecule has 3 aromatic carbocycles. The van der Waals surface area contributed by atoms with Gasteiger partial charge in [-0.25, -0.2) is 0 Å². The number of nitrogens with one attached hydrogen (secondary N) is 1. The molecule has 1 N–H and O–H groups in total. The summed E-state index contributed by atoms with van der Waals surface area (Å²) in [4.78, 5) is 25.4. The first-order valence-corrected chi connectivity index (χ1v) is 9.67. The molecule has 6 nitrogen and oxygen atoms in total. The molecule has 0 fully saturated rings. The second-order valence-corrected chi connectivity index (χ2v) is 7.01. The molecule has 0 aliphatic heterocycles. The predicted molar refractivity (Wildman–Crippen MR) is 118 cm³/mol. The number of hydrogen-bond donors (Lipinski definition) is 1. The molecule has 0 saturated carbocycles. The Labute approximate surface area is 179 Å². The Morgan fingerprint density at radius 1 is 0.806 bits per heavy atom. The number of anilines is 1. The highest BCUT2D eigenvalue weighted by Crippen LogP contribution is 2.30. The summed E-state index contributed by atoms with van der Waals surface area (Å²) in [6, 6.07) is 19.0. The third kappa shape index (κ3) is 4.00. The summed E-state index contributed by atoms with van der Waals surface area (Å²) in [6.07, 6.45) is 0. The zero-order valence-corrected chi connectivity index (χ0v) is 17.4. The topological polar surface area (TPSA) is 77.8 Å². The normalized spacial score (nSPS) is 10.7. The van der Waals surface area contributed by atoms with Crippen molar-refractivity contribution in [2.75, 3.05) is 19.5 Å². The van der Waals surface area contributed by atoms with Crippen molar-refractivity contribution in [3.05, 3.63) is 89.2 Å². The van der Waals surface area contributed by atoms with Crippen LogP contribution >= 0.6 is 0 Å². The Morgan fingerprint density at radius 3 is 1.97 bits per heavy atom. The van der Waals surface area contributed by atoms with Crippen molar-refractivity contribution in [2.45, 2.75) is 6.92 Å². The molecule has 156 valence electrons. The van der Waals surface area contributed by atoms with Gasteiger partial charge in [0.2, 0.25) is 5.78 Å². The number of hydrogen-bond acceptors (Lipinski definition) is 5. The molecule has 0 aliphatic carbocycles. The van der Waals surface area contributed by atoms with E-state index < -0.39 is 0 Å². The van der Waals surface area contributed by atoms with Crippen molar-refractivity contribution in [2.24, 2.45) is 0 Å². The number of ether oxygens (including phenoxy) is 2. The SMILES string of the molecule is COc1ccc(C(=O)Nc2ccc3c(C)c(C(=O)c4ccc(OC)cc4)oc3c2)cc1. The summed E-state index contributed by atoms with van der Waals surface area (Å²) in [7, 11) is 3.15. The van der Waals surface area contributed by atoms with Crippen LogP contribution in [0.15, 0.2) is 71.1 Å². The summed E-state index contributed by atoms with van der Waals surface area (Å²) in [5.74, 6) is 1.17. The van der Waals surface area contributed by atoms with E-state index in [2.05, 4.69) is 5.32 Å². The summed E-state index contributed by atoms with van der Waals surface area (Å²) in [5.41, 5.74) is 2.87. The highest BCUT2D eigenvalue weighted by molar-refractivity contribution is 6.11. The Bertz CT molecular complexity index is 1250. The number of carbonyl (C=O) groups is 2. The van der Waals surface area contributed by atoms with Gasteiger partial charge in [-0.3, -0.25) is 9.59 Å². The molecular weight excluding hydrogens is 394 g/mol. The van der Waals surface area contributed by atoms with Crippen molar-refractivity contribution in [1.82, 2.24) is 0 Å². The van der Waals surface area contributed by atoms with Crippen LogP contribution in [0.1, 0.15) is 32.0 Å². The van der Waals surface area contributed by atoms with E-state index in [0.29, 0.717) is 33.9 Å². The van der Waals surface area contributed by atoms with Gasteiger partial charge < -0.3 is 19.2 Å². The maximum Gasteiger partial charge on any atom is 0.255 e. The summed E-state index contributed by atoms with van der Waals surface area (Å²) in [6.45, 7) is 1.85. The highest BCUT2D eigenvalue weighted by atomic mass is 16.5. The van der Waals surface area contributed by atoms with Gasteiger partial charge in [0.1, 0.15) is 17.1 Å². The van der Waals surface area contributed by atoms with Crippen molar-refractivity contribution < 1.29 is 23.5 Å². The number of benzene rings is 3. The van der Waals surface area contributed by atoms with Gasteiger partial charge in [-0.1, -0.05) is 0 Å². The molecule has 0 unspecified atom stereocenters. The lowest BCUT2D eigenvalue weighted by Gasteiger charge is -2.06. The van der Waals surface area contributed by atoms with Crippen LogP contribution in [0.25, 0.3) is 11.0 Å². The van der Waals surface area contributed by atoms with E-state index in [4.69, 9.17) is 13.9 Å². The van der Waals surface area contributed by atoms with Crippen molar-refractivity contribution in [3.8, 4) is 11.5 Å². The van der Waals surface area contributed by atoms with E-state index in [1.165, 1.54) is 0 Å². The van der Waals surface area contributed by atoms with Gasteiger partial charge in [0.15, 0.2) is 5.76 Å². The number of rotatable bonds is 6. The second-order valence-electron chi connectivity index (χ2n) is 7.01. The zero-order valence-electron chi connectivity index (χ0n) is 17.4. The molecule has 4 aromatic rings. The van der Waals surface area contributed by atoms with Gasteiger partial charge in [0, 0.05) is 33.8 Å². The van der Waals surface area contributed by atoms with Gasteiger partial charge in [-0.05, 0) is 67.6 Å². The summed E-state index contributed by atoms with van der Waals surface area (Å²) < 4.78 is 16.1. The lowest BCUT2D eigenvalue weighted by molar-refractivity contribution is 0.101. The van der Waals surface area contributed by atoms with Gasteiger partial charge in [0.05, 0.1) is 14.2 Å². The molecule has 1 amide bonds. The second kappa shape index (κ2) is 8.36. The van der Waals surface area contributed by atoms with E-state index >= 15 is 0 Å². The number of amides is 1. The van der Waals surface area contributed by atoms with Crippen LogP contribution in [0.5, 0.6) is 11.5 Å². The first kappa shape index (κ1) is 20.2. The van der Waals surface area contributed by atoms with E-state index in [1.807, 2.05) is 13.0 Å². The molecule has 0 bridgehead atoms. The molecule has 31 heavy (non-hydrogen) atoms. The fourth-order valence-corrected chi connectivity index (χ4v) is 3.34. The lowest BCUT2D eigenvalue weighted by atomic mass is 10.0. The molecule has 0 saturated heterocycles. The van der Waals surface area contributed by atoms with Gasteiger partial charge in [-0.15, -0.1) is 0 Å². The van der Waals surface area contributed by atoms with Crippen LogP contribution in [-0.2, 0) is 0 Å². The fourth-order valence-electron chi connectivity index (χ4n) is 3.34. The molecule has 6 heteroatoms. The molecule has 0 spiro atoms. The Kier molecular flexibility index (Phi) is 5.45. The number of fused-ring (bicyclic) bond motifs is 1. The average molecular weight is 415 g/mol. The van der Waals surface area contributed by atoms with Crippen molar-refractivity contribution >= 4 is 28.3 Å². The minimum absolute atomic E-state index is 0.208. The number of ketones is 1. The van der Waals surface area contributed by atoms with Crippen LogP contribution in [-0.4, -0.2) is 25.9 Å². The van der Waals surface area contributed by atoms with Gasteiger partial charge in [0.25, 0.3) is 5.91 Å². The quantitative estimate of drug-likeness (QED) is 0.436. The minimum Gasteiger partial charge on any atom is -0.497 e. The Hall–Kier alpha value is -4.06. The third-order valence-corrected chi connectivity index (χ3v) is 5.11.